The molecule has 27 heavy (non-hydrogen) atoms. The molecular formula is C21H26N2O3S. The van der Waals surface area contributed by atoms with Gasteiger partial charge in [0.15, 0.2) is 11.5 Å². The first-order chi connectivity index (χ1) is 13.1. The number of carbonyl (C=O) groups is 1. The maximum absolute atomic E-state index is 12.2. The highest BCUT2D eigenvalue weighted by Crippen LogP contribution is 2.28. The van der Waals surface area contributed by atoms with Gasteiger partial charge in [-0.15, -0.1) is 11.8 Å². The van der Waals surface area contributed by atoms with Gasteiger partial charge in [0.1, 0.15) is 0 Å². The molecule has 0 radical (unpaired) electrons. The highest BCUT2D eigenvalue weighted by molar-refractivity contribution is 7.99. The molecule has 144 valence electrons. The Bertz CT molecular complexity index is 750. The predicted octanol–water partition coefficient (Wildman–Crippen LogP) is 4.26. The molecule has 2 rings (SSSR count). The van der Waals surface area contributed by atoms with Gasteiger partial charge in [0.25, 0.3) is 5.91 Å². The van der Waals surface area contributed by atoms with Crippen LogP contribution in [0.1, 0.15) is 31.9 Å². The minimum Gasteiger partial charge on any atom is -0.490 e. The van der Waals surface area contributed by atoms with Gasteiger partial charge in [-0.2, -0.15) is 5.10 Å². The third kappa shape index (κ3) is 6.98. The third-order valence-corrected chi connectivity index (χ3v) is 4.88. The Kier molecular flexibility index (Phi) is 8.71. The van der Waals surface area contributed by atoms with E-state index in [1.54, 1.807) is 18.0 Å². The van der Waals surface area contributed by atoms with Gasteiger partial charge in [-0.1, -0.05) is 30.3 Å². The number of ether oxygens (including phenoxy) is 2. The Hall–Kier alpha value is -2.47. The molecule has 0 fully saturated rings. The van der Waals surface area contributed by atoms with Gasteiger partial charge in [-0.25, -0.2) is 5.43 Å². The van der Waals surface area contributed by atoms with Crippen molar-refractivity contribution in [2.24, 2.45) is 5.10 Å². The summed E-state index contributed by atoms with van der Waals surface area (Å²) in [6.45, 7) is 6.85. The van der Waals surface area contributed by atoms with Crippen LogP contribution in [-0.4, -0.2) is 30.6 Å². The molecule has 2 aromatic rings. The summed E-state index contributed by atoms with van der Waals surface area (Å²) < 4.78 is 11.1. The first-order valence-electron chi connectivity index (χ1n) is 9.02. The second kappa shape index (κ2) is 11.3. The predicted molar refractivity (Wildman–Crippen MR) is 112 cm³/mol. The van der Waals surface area contributed by atoms with Gasteiger partial charge in [0.2, 0.25) is 0 Å². The fourth-order valence-electron chi connectivity index (χ4n) is 2.28. The van der Waals surface area contributed by atoms with E-state index in [0.29, 0.717) is 24.7 Å². The Morgan fingerprint density at radius 2 is 1.81 bits per heavy atom. The number of thioether (sulfide) groups is 1. The fraction of sp³-hybridized carbons (Fsp3) is 0.333. The van der Waals surface area contributed by atoms with Crippen LogP contribution in [0, 0.1) is 0 Å². The topological polar surface area (TPSA) is 59.9 Å². The van der Waals surface area contributed by atoms with Crippen molar-refractivity contribution in [3.8, 4) is 11.5 Å². The quantitative estimate of drug-likeness (QED) is 0.490. The second-order valence-corrected chi connectivity index (χ2v) is 7.07. The van der Waals surface area contributed by atoms with Gasteiger partial charge in [0.05, 0.1) is 24.7 Å². The lowest BCUT2D eigenvalue weighted by Crippen LogP contribution is -2.27. The van der Waals surface area contributed by atoms with E-state index >= 15 is 0 Å². The summed E-state index contributed by atoms with van der Waals surface area (Å²) in [7, 11) is 0. The van der Waals surface area contributed by atoms with E-state index < -0.39 is 0 Å². The van der Waals surface area contributed by atoms with Crippen LogP contribution in [0.2, 0.25) is 0 Å². The molecule has 0 aliphatic heterocycles. The standard InChI is InChI=1S/C21H26N2O3S/c1-4-25-19-12-11-18(13-20(19)26-5-2)14-22-23-21(24)16(3)27-15-17-9-7-6-8-10-17/h6-14,16H,4-5,15H2,1-3H3,(H,23,24)/b22-14+. The van der Waals surface area contributed by atoms with E-state index in [4.69, 9.17) is 9.47 Å². The first kappa shape index (κ1) is 20.8. The zero-order chi connectivity index (χ0) is 19.5. The number of hydrogen-bond acceptors (Lipinski definition) is 5. The van der Waals surface area contributed by atoms with Gasteiger partial charge < -0.3 is 9.47 Å². The number of nitrogens with one attached hydrogen (secondary N) is 1. The lowest BCUT2D eigenvalue weighted by molar-refractivity contribution is -0.120. The van der Waals surface area contributed by atoms with Crippen LogP contribution in [0.3, 0.4) is 0 Å². The molecule has 1 amide bonds. The Balaban J connectivity index is 1.88. The molecule has 0 aliphatic rings. The average molecular weight is 387 g/mol. The average Bonchev–Trinajstić information content (AvgIpc) is 2.69. The van der Waals surface area contributed by atoms with Crippen LogP contribution in [0.4, 0.5) is 0 Å². The summed E-state index contributed by atoms with van der Waals surface area (Å²) in [5, 5.41) is 3.87. The van der Waals surface area contributed by atoms with Crippen molar-refractivity contribution in [3.63, 3.8) is 0 Å². The summed E-state index contributed by atoms with van der Waals surface area (Å²) in [6.07, 6.45) is 1.60. The normalized spacial score (nSPS) is 12.0. The smallest absolute Gasteiger partial charge is 0.252 e. The van der Waals surface area contributed by atoms with Gasteiger partial charge in [-0.3, -0.25) is 4.79 Å². The van der Waals surface area contributed by atoms with Crippen LogP contribution >= 0.6 is 11.8 Å². The number of nitrogens with zero attached hydrogens (tertiary/aromatic N) is 1. The van der Waals surface area contributed by atoms with Crippen molar-refractivity contribution in [2.75, 3.05) is 13.2 Å². The molecule has 0 saturated heterocycles. The van der Waals surface area contributed by atoms with Crippen LogP contribution in [0.15, 0.2) is 53.6 Å². The monoisotopic (exact) mass is 386 g/mol. The molecule has 0 spiro atoms. The largest absolute Gasteiger partial charge is 0.490 e. The van der Waals surface area contributed by atoms with E-state index in [9.17, 15) is 4.79 Å². The fourth-order valence-corrected chi connectivity index (χ4v) is 3.12. The Labute approximate surface area is 165 Å². The third-order valence-electron chi connectivity index (χ3n) is 3.67. The minimum absolute atomic E-state index is 0.122. The maximum Gasteiger partial charge on any atom is 0.252 e. The van der Waals surface area contributed by atoms with Crippen molar-refractivity contribution < 1.29 is 14.3 Å². The van der Waals surface area contributed by atoms with Crippen molar-refractivity contribution >= 4 is 23.9 Å². The summed E-state index contributed by atoms with van der Waals surface area (Å²) >= 11 is 1.58. The Morgan fingerprint density at radius 3 is 2.52 bits per heavy atom. The molecule has 0 saturated carbocycles. The van der Waals surface area contributed by atoms with Crippen molar-refractivity contribution in [3.05, 3.63) is 59.7 Å². The first-order valence-corrected chi connectivity index (χ1v) is 10.1. The maximum atomic E-state index is 12.2. The number of rotatable bonds is 10. The minimum atomic E-state index is -0.193. The van der Waals surface area contributed by atoms with Crippen molar-refractivity contribution in [1.82, 2.24) is 5.43 Å². The lowest BCUT2D eigenvalue weighted by atomic mass is 10.2. The molecule has 1 N–H and O–H groups in total. The highest BCUT2D eigenvalue weighted by atomic mass is 32.2. The SMILES string of the molecule is CCOc1ccc(/C=N/NC(=O)C(C)SCc2ccccc2)cc1OCC. The molecule has 2 aromatic carbocycles. The van der Waals surface area contributed by atoms with Crippen molar-refractivity contribution in [1.29, 1.82) is 0 Å². The highest BCUT2D eigenvalue weighted by Gasteiger charge is 2.12. The molecule has 6 heteroatoms. The zero-order valence-corrected chi connectivity index (χ0v) is 16.8. The number of amides is 1. The number of hydrazone groups is 1. The molecule has 1 atom stereocenters. The lowest BCUT2D eigenvalue weighted by Gasteiger charge is -2.11. The number of benzene rings is 2. The van der Waals surface area contributed by atoms with E-state index in [0.717, 1.165) is 11.3 Å². The molecule has 0 heterocycles. The second-order valence-electron chi connectivity index (χ2n) is 5.75. The van der Waals surface area contributed by atoms with Crippen LogP contribution in [-0.2, 0) is 10.5 Å². The Morgan fingerprint density at radius 1 is 1.11 bits per heavy atom. The number of carbonyl (C=O) groups excluding carboxylic acids is 1. The van der Waals surface area contributed by atoms with Crippen LogP contribution in [0.5, 0.6) is 11.5 Å². The van der Waals surface area contributed by atoms with E-state index in [2.05, 4.69) is 22.7 Å². The summed E-state index contributed by atoms with van der Waals surface area (Å²) in [5.41, 5.74) is 4.62. The summed E-state index contributed by atoms with van der Waals surface area (Å²) in [5.74, 6) is 2.03. The molecule has 1 unspecified atom stereocenters. The van der Waals surface area contributed by atoms with Gasteiger partial charge in [-0.05, 0) is 50.1 Å². The van der Waals surface area contributed by atoms with Crippen LogP contribution in [0.25, 0.3) is 0 Å². The zero-order valence-electron chi connectivity index (χ0n) is 16.0. The van der Waals surface area contributed by atoms with Gasteiger partial charge in [0, 0.05) is 5.75 Å². The number of hydrogen-bond donors (Lipinski definition) is 1. The molecule has 0 bridgehead atoms. The van der Waals surface area contributed by atoms with Gasteiger partial charge >= 0.3 is 0 Å². The van der Waals surface area contributed by atoms with E-state index in [-0.39, 0.29) is 11.2 Å². The molecular weight excluding hydrogens is 360 g/mol. The molecule has 0 aromatic heterocycles. The van der Waals surface area contributed by atoms with Crippen LogP contribution < -0.4 is 14.9 Å². The van der Waals surface area contributed by atoms with Crippen molar-refractivity contribution in [2.45, 2.75) is 31.8 Å². The van der Waals surface area contributed by atoms with E-state index in [1.165, 1.54) is 5.56 Å². The van der Waals surface area contributed by atoms with E-state index in [1.807, 2.05) is 57.2 Å². The summed E-state index contributed by atoms with van der Waals surface area (Å²) in [4.78, 5) is 12.2. The summed E-state index contributed by atoms with van der Waals surface area (Å²) in [6, 6.07) is 15.6. The molecule has 5 nitrogen and oxygen atoms in total. The molecule has 0 aliphatic carbocycles.